The summed E-state index contributed by atoms with van der Waals surface area (Å²) in [6.45, 7) is 0. The molecule has 2 aromatic rings. The maximum atomic E-state index is 3.90. The largest absolute Gasteiger partial charge is 0.0752 e. The smallest absolute Gasteiger partial charge is 0.0729 e. The lowest BCUT2D eigenvalue weighted by atomic mass is 9.88. The zero-order valence-electron chi connectivity index (χ0n) is 9.74. The molecular formula is C16H12Br2. The molecule has 0 saturated carbocycles. The minimum absolute atomic E-state index is 0.0921. The maximum absolute atomic E-state index is 3.90. The van der Waals surface area contributed by atoms with Crippen molar-refractivity contribution < 1.29 is 0 Å². The van der Waals surface area contributed by atoms with Crippen molar-refractivity contribution in [1.29, 1.82) is 0 Å². The van der Waals surface area contributed by atoms with Gasteiger partial charge < -0.3 is 0 Å². The molecule has 0 heterocycles. The van der Waals surface area contributed by atoms with Crippen LogP contribution in [0.3, 0.4) is 0 Å². The molecule has 3 rings (SSSR count). The standard InChI is InChI=1S/C16H12Br2/c17-13-8-10-16(18,11-9-13)15-7-3-5-12-4-1-2-6-14(12)15/h1-10H,11H2. The molecule has 1 unspecified atom stereocenters. The quantitative estimate of drug-likeness (QED) is 0.572. The van der Waals surface area contributed by atoms with Crippen LogP contribution in [0.4, 0.5) is 0 Å². The summed E-state index contributed by atoms with van der Waals surface area (Å²) in [5.74, 6) is 0. The summed E-state index contributed by atoms with van der Waals surface area (Å²) in [4.78, 5) is 0. The van der Waals surface area contributed by atoms with Crippen molar-refractivity contribution in [2.45, 2.75) is 10.7 Å². The summed E-state index contributed by atoms with van der Waals surface area (Å²) >= 11 is 7.42. The van der Waals surface area contributed by atoms with E-state index in [0.29, 0.717) is 0 Å². The highest BCUT2D eigenvalue weighted by molar-refractivity contribution is 9.12. The maximum Gasteiger partial charge on any atom is 0.0729 e. The normalized spacial score (nSPS) is 23.1. The Labute approximate surface area is 124 Å². The Kier molecular flexibility index (Phi) is 3.16. The third kappa shape index (κ3) is 2.08. The van der Waals surface area contributed by atoms with Gasteiger partial charge >= 0.3 is 0 Å². The van der Waals surface area contributed by atoms with Gasteiger partial charge in [0.05, 0.1) is 4.32 Å². The van der Waals surface area contributed by atoms with E-state index < -0.39 is 0 Å². The minimum Gasteiger partial charge on any atom is -0.0752 e. The van der Waals surface area contributed by atoms with Gasteiger partial charge in [0.25, 0.3) is 0 Å². The van der Waals surface area contributed by atoms with Crippen LogP contribution in [-0.4, -0.2) is 0 Å². The first-order chi connectivity index (χ1) is 8.69. The van der Waals surface area contributed by atoms with E-state index >= 15 is 0 Å². The number of rotatable bonds is 1. The molecule has 2 heteroatoms. The minimum atomic E-state index is -0.0921. The average Bonchev–Trinajstić information content (AvgIpc) is 2.42. The highest BCUT2D eigenvalue weighted by atomic mass is 79.9. The Bertz CT molecular complexity index is 650. The van der Waals surface area contributed by atoms with Crippen LogP contribution in [0.2, 0.25) is 0 Å². The monoisotopic (exact) mass is 362 g/mol. The van der Waals surface area contributed by atoms with Crippen molar-refractivity contribution in [1.82, 2.24) is 0 Å². The summed E-state index contributed by atoms with van der Waals surface area (Å²) in [6, 6.07) is 15.0. The van der Waals surface area contributed by atoms with Gasteiger partial charge in [0, 0.05) is 4.48 Å². The zero-order chi connectivity index (χ0) is 12.6. The first kappa shape index (κ1) is 12.2. The molecule has 1 aliphatic rings. The van der Waals surface area contributed by atoms with Crippen molar-refractivity contribution in [3.8, 4) is 0 Å². The van der Waals surface area contributed by atoms with Crippen LogP contribution in [0.15, 0.2) is 65.2 Å². The van der Waals surface area contributed by atoms with Gasteiger partial charge in [-0.1, -0.05) is 92.6 Å². The van der Waals surface area contributed by atoms with Crippen LogP contribution in [-0.2, 0) is 4.32 Å². The number of alkyl halides is 1. The van der Waals surface area contributed by atoms with Crippen molar-refractivity contribution in [2.75, 3.05) is 0 Å². The Hall–Kier alpha value is -0.860. The molecule has 0 nitrogen and oxygen atoms in total. The second kappa shape index (κ2) is 4.67. The summed E-state index contributed by atoms with van der Waals surface area (Å²) in [6.07, 6.45) is 7.49. The fourth-order valence-electron chi connectivity index (χ4n) is 2.38. The molecule has 0 aromatic heterocycles. The van der Waals surface area contributed by atoms with Gasteiger partial charge in [-0.05, 0) is 22.8 Å². The number of allylic oxidation sites excluding steroid dienone is 4. The fourth-order valence-corrected chi connectivity index (χ4v) is 3.32. The SMILES string of the molecule is BrC1=CCC(Br)(c2cccc3ccccc23)C=C1. The molecule has 90 valence electrons. The predicted octanol–water partition coefficient (Wildman–Crippen LogP) is 5.67. The number of fused-ring (bicyclic) bond motifs is 1. The molecule has 0 bridgehead atoms. The highest BCUT2D eigenvalue weighted by Crippen LogP contribution is 2.43. The van der Waals surface area contributed by atoms with Crippen LogP contribution in [0.5, 0.6) is 0 Å². The van der Waals surface area contributed by atoms with Gasteiger partial charge in [0.15, 0.2) is 0 Å². The van der Waals surface area contributed by atoms with Gasteiger partial charge in [-0.25, -0.2) is 0 Å². The summed E-state index contributed by atoms with van der Waals surface area (Å²) in [5, 5.41) is 2.60. The molecule has 0 saturated heterocycles. The number of benzene rings is 2. The summed E-state index contributed by atoms with van der Waals surface area (Å²) in [5.41, 5.74) is 1.33. The second-order valence-electron chi connectivity index (χ2n) is 4.52. The van der Waals surface area contributed by atoms with Gasteiger partial charge in [0.1, 0.15) is 0 Å². The number of hydrogen-bond acceptors (Lipinski definition) is 0. The Morgan fingerprint density at radius 3 is 2.56 bits per heavy atom. The highest BCUT2D eigenvalue weighted by Gasteiger charge is 2.28. The predicted molar refractivity (Wildman–Crippen MR) is 85.3 cm³/mol. The van der Waals surface area contributed by atoms with Crippen LogP contribution < -0.4 is 0 Å². The van der Waals surface area contributed by atoms with E-state index in [-0.39, 0.29) is 4.32 Å². The molecule has 0 aliphatic heterocycles. The Balaban J connectivity index is 2.18. The topological polar surface area (TPSA) is 0 Å². The zero-order valence-corrected chi connectivity index (χ0v) is 12.9. The van der Waals surface area contributed by atoms with Gasteiger partial charge in [-0.15, -0.1) is 0 Å². The van der Waals surface area contributed by atoms with Crippen LogP contribution >= 0.6 is 31.9 Å². The summed E-state index contributed by atoms with van der Waals surface area (Å²) < 4.78 is 1.06. The van der Waals surface area contributed by atoms with E-state index in [2.05, 4.69) is 92.6 Å². The average molecular weight is 364 g/mol. The third-order valence-electron chi connectivity index (χ3n) is 3.34. The van der Waals surface area contributed by atoms with E-state index in [1.54, 1.807) is 0 Å². The Morgan fingerprint density at radius 2 is 1.78 bits per heavy atom. The van der Waals surface area contributed by atoms with Crippen molar-refractivity contribution >= 4 is 42.6 Å². The molecule has 0 N–H and O–H groups in total. The molecule has 1 aliphatic carbocycles. The van der Waals surface area contributed by atoms with E-state index in [1.807, 2.05) is 0 Å². The second-order valence-corrected chi connectivity index (χ2v) is 6.85. The fraction of sp³-hybridized carbons (Fsp3) is 0.125. The molecular weight excluding hydrogens is 352 g/mol. The lowest BCUT2D eigenvalue weighted by Gasteiger charge is -2.27. The van der Waals surface area contributed by atoms with Crippen LogP contribution in [0.25, 0.3) is 10.8 Å². The van der Waals surface area contributed by atoms with Gasteiger partial charge in [0.2, 0.25) is 0 Å². The third-order valence-corrected chi connectivity index (χ3v) is 4.94. The van der Waals surface area contributed by atoms with Gasteiger partial charge in [-0.3, -0.25) is 0 Å². The van der Waals surface area contributed by atoms with Crippen molar-refractivity contribution in [3.63, 3.8) is 0 Å². The molecule has 2 aromatic carbocycles. The van der Waals surface area contributed by atoms with Crippen LogP contribution in [0, 0.1) is 0 Å². The van der Waals surface area contributed by atoms with Crippen molar-refractivity contribution in [3.05, 3.63) is 70.7 Å². The molecule has 18 heavy (non-hydrogen) atoms. The lowest BCUT2D eigenvalue weighted by Crippen LogP contribution is -2.16. The van der Waals surface area contributed by atoms with Crippen LogP contribution in [0.1, 0.15) is 12.0 Å². The van der Waals surface area contributed by atoms with E-state index in [1.165, 1.54) is 16.3 Å². The molecule has 0 spiro atoms. The molecule has 0 radical (unpaired) electrons. The van der Waals surface area contributed by atoms with E-state index in [4.69, 9.17) is 0 Å². The Morgan fingerprint density at radius 1 is 1.00 bits per heavy atom. The first-order valence-corrected chi connectivity index (χ1v) is 7.50. The van der Waals surface area contributed by atoms with E-state index in [0.717, 1.165) is 10.9 Å². The molecule has 0 amide bonds. The van der Waals surface area contributed by atoms with Gasteiger partial charge in [-0.2, -0.15) is 0 Å². The molecule has 1 atom stereocenters. The number of halogens is 2. The lowest BCUT2D eigenvalue weighted by molar-refractivity contribution is 0.804. The first-order valence-electron chi connectivity index (χ1n) is 5.91. The number of hydrogen-bond donors (Lipinski definition) is 0. The van der Waals surface area contributed by atoms with Crippen molar-refractivity contribution in [2.24, 2.45) is 0 Å². The summed E-state index contributed by atoms with van der Waals surface area (Å²) in [7, 11) is 0. The molecule has 0 fully saturated rings. The van der Waals surface area contributed by atoms with E-state index in [9.17, 15) is 0 Å².